The molecule has 2 heteroatoms. The topological polar surface area (TPSA) is 29.5 Å². The monoisotopic (exact) mass is 240 g/mol. The molecule has 2 nitrogen and oxygen atoms in total. The highest BCUT2D eigenvalue weighted by atomic mass is 16.5. The van der Waals surface area contributed by atoms with Crippen LogP contribution in [0.4, 0.5) is 0 Å². The number of hydrogen-bond acceptors (Lipinski definition) is 2. The molecule has 0 radical (unpaired) electrons. The summed E-state index contributed by atoms with van der Waals surface area (Å²) in [5.41, 5.74) is 0. The van der Waals surface area contributed by atoms with E-state index >= 15 is 0 Å². The third-order valence-electron chi connectivity index (χ3n) is 5.05. The summed E-state index contributed by atoms with van der Waals surface area (Å²) < 4.78 is 5.71. The zero-order chi connectivity index (χ0) is 12.3. The lowest BCUT2D eigenvalue weighted by atomic mass is 9.74. The molecular formula is C15H28O2. The molecule has 1 N–H and O–H groups in total. The van der Waals surface area contributed by atoms with Crippen LogP contribution in [0.25, 0.3) is 0 Å². The van der Waals surface area contributed by atoms with Crippen molar-refractivity contribution in [2.75, 3.05) is 6.61 Å². The highest BCUT2D eigenvalue weighted by molar-refractivity contribution is 4.87. The zero-order valence-corrected chi connectivity index (χ0v) is 11.4. The van der Waals surface area contributed by atoms with Crippen LogP contribution in [-0.2, 0) is 4.74 Å². The normalized spacial score (nSPS) is 40.4. The Hall–Kier alpha value is -0.0800. The molecule has 1 saturated heterocycles. The second-order valence-corrected chi connectivity index (χ2v) is 5.95. The van der Waals surface area contributed by atoms with E-state index in [2.05, 4.69) is 13.8 Å². The van der Waals surface area contributed by atoms with E-state index in [4.69, 9.17) is 4.74 Å². The van der Waals surface area contributed by atoms with Crippen molar-refractivity contribution in [3.63, 3.8) is 0 Å². The first kappa shape index (κ1) is 13.4. The number of aliphatic hydroxyl groups is 1. The Morgan fingerprint density at radius 2 is 1.76 bits per heavy atom. The fourth-order valence-electron chi connectivity index (χ4n) is 3.76. The Morgan fingerprint density at radius 3 is 2.35 bits per heavy atom. The van der Waals surface area contributed by atoms with Crippen LogP contribution in [0.5, 0.6) is 0 Å². The van der Waals surface area contributed by atoms with Crippen LogP contribution < -0.4 is 0 Å². The molecule has 0 aromatic heterocycles. The van der Waals surface area contributed by atoms with Gasteiger partial charge in [-0.2, -0.15) is 0 Å². The first-order chi connectivity index (χ1) is 8.26. The quantitative estimate of drug-likeness (QED) is 0.816. The predicted molar refractivity (Wildman–Crippen MR) is 69.9 cm³/mol. The van der Waals surface area contributed by atoms with Crippen LogP contribution in [0, 0.1) is 17.8 Å². The zero-order valence-electron chi connectivity index (χ0n) is 11.4. The molecule has 2 aliphatic rings. The van der Waals surface area contributed by atoms with Crippen molar-refractivity contribution < 1.29 is 9.84 Å². The maximum absolute atomic E-state index is 10.6. The number of rotatable bonds is 4. The van der Waals surface area contributed by atoms with Crippen molar-refractivity contribution in [1.29, 1.82) is 0 Å². The largest absolute Gasteiger partial charge is 0.392 e. The minimum absolute atomic E-state index is 0.111. The first-order valence-electron chi connectivity index (χ1n) is 7.55. The van der Waals surface area contributed by atoms with E-state index in [9.17, 15) is 5.11 Å². The standard InChI is InChI=1S/C15H28O2/c1-3-11-5-7-12(8-6-11)15(16)13-9-10-17-14(13)4-2/h11-16H,3-10H2,1-2H3. The van der Waals surface area contributed by atoms with Gasteiger partial charge in [0.2, 0.25) is 0 Å². The summed E-state index contributed by atoms with van der Waals surface area (Å²) in [6.45, 7) is 5.31. The third-order valence-corrected chi connectivity index (χ3v) is 5.05. The molecule has 2 rings (SSSR count). The van der Waals surface area contributed by atoms with Gasteiger partial charge in [0.15, 0.2) is 0 Å². The number of ether oxygens (including phenoxy) is 1. The highest BCUT2D eigenvalue weighted by Gasteiger charge is 2.37. The molecule has 3 unspecified atom stereocenters. The Labute approximate surface area is 106 Å². The molecule has 0 aromatic carbocycles. The minimum Gasteiger partial charge on any atom is -0.392 e. The van der Waals surface area contributed by atoms with Crippen molar-refractivity contribution in [2.45, 2.75) is 71.0 Å². The van der Waals surface area contributed by atoms with Crippen LogP contribution in [0.15, 0.2) is 0 Å². The van der Waals surface area contributed by atoms with Gasteiger partial charge in [0, 0.05) is 12.5 Å². The third kappa shape index (κ3) is 3.03. The molecule has 1 saturated carbocycles. The molecular weight excluding hydrogens is 212 g/mol. The molecule has 1 aliphatic carbocycles. The molecule has 0 spiro atoms. The van der Waals surface area contributed by atoms with Gasteiger partial charge in [0.1, 0.15) is 0 Å². The van der Waals surface area contributed by atoms with Gasteiger partial charge in [0.25, 0.3) is 0 Å². The molecule has 17 heavy (non-hydrogen) atoms. The molecule has 0 aromatic rings. The lowest BCUT2D eigenvalue weighted by molar-refractivity contribution is -0.0116. The maximum Gasteiger partial charge on any atom is 0.0626 e. The van der Waals surface area contributed by atoms with Crippen molar-refractivity contribution in [1.82, 2.24) is 0 Å². The summed E-state index contributed by atoms with van der Waals surface area (Å²) in [5.74, 6) is 1.86. The Morgan fingerprint density at radius 1 is 1.06 bits per heavy atom. The lowest BCUT2D eigenvalue weighted by Crippen LogP contribution is -2.36. The summed E-state index contributed by atoms with van der Waals surface area (Å²) in [6, 6.07) is 0. The SMILES string of the molecule is CCC1CCC(C(O)C2CCOC2CC)CC1. The smallest absolute Gasteiger partial charge is 0.0626 e. The average Bonchev–Trinajstić information content (AvgIpc) is 2.86. The second-order valence-electron chi connectivity index (χ2n) is 5.95. The van der Waals surface area contributed by atoms with Gasteiger partial charge in [-0.3, -0.25) is 0 Å². The Balaban J connectivity index is 1.85. The molecule has 3 atom stereocenters. The van der Waals surface area contributed by atoms with E-state index in [-0.39, 0.29) is 6.10 Å². The maximum atomic E-state index is 10.6. The fourth-order valence-corrected chi connectivity index (χ4v) is 3.76. The Bertz CT molecular complexity index is 221. The van der Waals surface area contributed by atoms with Gasteiger partial charge in [0.05, 0.1) is 12.2 Å². The molecule has 0 bridgehead atoms. The molecule has 1 aliphatic heterocycles. The van der Waals surface area contributed by atoms with E-state index in [0.29, 0.717) is 17.9 Å². The van der Waals surface area contributed by atoms with Crippen molar-refractivity contribution in [3.8, 4) is 0 Å². The van der Waals surface area contributed by atoms with Gasteiger partial charge in [-0.05, 0) is 37.5 Å². The van der Waals surface area contributed by atoms with Crippen molar-refractivity contribution in [3.05, 3.63) is 0 Å². The lowest BCUT2D eigenvalue weighted by Gasteiger charge is -2.35. The van der Waals surface area contributed by atoms with Gasteiger partial charge >= 0.3 is 0 Å². The highest BCUT2D eigenvalue weighted by Crippen LogP contribution is 2.38. The van der Waals surface area contributed by atoms with Gasteiger partial charge in [-0.1, -0.05) is 33.1 Å². The number of hydrogen-bond donors (Lipinski definition) is 1. The van der Waals surface area contributed by atoms with Crippen LogP contribution in [0.2, 0.25) is 0 Å². The molecule has 2 fully saturated rings. The second kappa shape index (κ2) is 6.19. The Kier molecular flexibility index (Phi) is 4.87. The summed E-state index contributed by atoms with van der Waals surface area (Å²) in [5, 5.41) is 10.6. The number of aliphatic hydroxyl groups excluding tert-OH is 1. The van der Waals surface area contributed by atoms with E-state index in [1.807, 2.05) is 0 Å². The summed E-state index contributed by atoms with van der Waals surface area (Å²) in [6.07, 6.45) is 8.73. The predicted octanol–water partition coefficient (Wildman–Crippen LogP) is 3.38. The van der Waals surface area contributed by atoms with Crippen molar-refractivity contribution in [2.24, 2.45) is 17.8 Å². The van der Waals surface area contributed by atoms with Crippen LogP contribution in [-0.4, -0.2) is 23.9 Å². The molecule has 1 heterocycles. The molecule has 100 valence electrons. The minimum atomic E-state index is -0.111. The average molecular weight is 240 g/mol. The van der Waals surface area contributed by atoms with E-state index in [1.165, 1.54) is 32.1 Å². The van der Waals surface area contributed by atoms with Crippen LogP contribution in [0.1, 0.15) is 58.8 Å². The van der Waals surface area contributed by atoms with Crippen molar-refractivity contribution >= 4 is 0 Å². The van der Waals surface area contributed by atoms with E-state index in [0.717, 1.165) is 25.4 Å². The van der Waals surface area contributed by atoms with E-state index in [1.54, 1.807) is 0 Å². The van der Waals surface area contributed by atoms with Crippen LogP contribution in [0.3, 0.4) is 0 Å². The van der Waals surface area contributed by atoms with Gasteiger partial charge < -0.3 is 9.84 Å². The molecule has 0 amide bonds. The van der Waals surface area contributed by atoms with Crippen LogP contribution >= 0.6 is 0 Å². The fraction of sp³-hybridized carbons (Fsp3) is 1.00. The summed E-state index contributed by atoms with van der Waals surface area (Å²) >= 11 is 0. The van der Waals surface area contributed by atoms with E-state index < -0.39 is 0 Å². The van der Waals surface area contributed by atoms with Gasteiger partial charge in [-0.15, -0.1) is 0 Å². The van der Waals surface area contributed by atoms with Gasteiger partial charge in [-0.25, -0.2) is 0 Å². The summed E-state index contributed by atoms with van der Waals surface area (Å²) in [4.78, 5) is 0. The first-order valence-corrected chi connectivity index (χ1v) is 7.55. The summed E-state index contributed by atoms with van der Waals surface area (Å²) in [7, 11) is 0.